The maximum absolute atomic E-state index is 11.8. The lowest BCUT2D eigenvalue weighted by Gasteiger charge is -2.35. The van der Waals surface area contributed by atoms with Gasteiger partial charge in [-0.1, -0.05) is 0 Å². The van der Waals surface area contributed by atoms with Crippen LogP contribution in [0.2, 0.25) is 0 Å². The first-order valence-electron chi connectivity index (χ1n) is 5.87. The molecule has 3 heteroatoms. The molecule has 1 amide bonds. The summed E-state index contributed by atoms with van der Waals surface area (Å²) in [4.78, 5) is 13.9. The van der Waals surface area contributed by atoms with Gasteiger partial charge >= 0.3 is 0 Å². The molecule has 2 aliphatic heterocycles. The largest absolute Gasteiger partial charge is 0.341 e. The van der Waals surface area contributed by atoms with Gasteiger partial charge < -0.3 is 10.2 Å². The fourth-order valence-electron chi connectivity index (χ4n) is 2.82. The van der Waals surface area contributed by atoms with Gasteiger partial charge in [0.25, 0.3) is 0 Å². The highest BCUT2D eigenvalue weighted by Gasteiger charge is 2.39. The summed E-state index contributed by atoms with van der Waals surface area (Å²) in [6.45, 7) is 3.14. The molecule has 0 aromatic carbocycles. The van der Waals surface area contributed by atoms with E-state index in [0.717, 1.165) is 38.4 Å². The third kappa shape index (κ3) is 1.44. The zero-order valence-electron chi connectivity index (χ0n) is 8.54. The van der Waals surface area contributed by atoms with Crippen molar-refractivity contribution in [1.82, 2.24) is 10.2 Å². The second-order valence-corrected chi connectivity index (χ2v) is 4.96. The molecule has 14 heavy (non-hydrogen) atoms. The summed E-state index contributed by atoms with van der Waals surface area (Å²) >= 11 is 0. The Morgan fingerprint density at radius 2 is 2.07 bits per heavy atom. The first kappa shape index (κ1) is 8.72. The molecular formula is C11H18N2O. The molecule has 1 aliphatic carbocycles. The average molecular weight is 194 g/mol. The first-order valence-corrected chi connectivity index (χ1v) is 5.87. The first-order chi connectivity index (χ1) is 6.84. The van der Waals surface area contributed by atoms with Gasteiger partial charge in [0.15, 0.2) is 0 Å². The molecule has 0 aromatic heterocycles. The monoisotopic (exact) mass is 194 g/mol. The van der Waals surface area contributed by atoms with E-state index in [0.29, 0.717) is 17.9 Å². The molecule has 3 aliphatic rings. The van der Waals surface area contributed by atoms with Gasteiger partial charge in [0.05, 0.1) is 0 Å². The molecule has 1 N–H and O–H groups in total. The van der Waals surface area contributed by atoms with Crippen molar-refractivity contribution >= 4 is 5.91 Å². The third-order valence-electron chi connectivity index (χ3n) is 3.92. The molecule has 2 saturated heterocycles. The Morgan fingerprint density at radius 1 is 1.21 bits per heavy atom. The van der Waals surface area contributed by atoms with E-state index < -0.39 is 0 Å². The number of piperidine rings is 1. The van der Waals surface area contributed by atoms with E-state index in [2.05, 4.69) is 10.2 Å². The topological polar surface area (TPSA) is 32.3 Å². The highest BCUT2D eigenvalue weighted by Crippen LogP contribution is 2.33. The average Bonchev–Trinajstić information content (AvgIpc) is 2.95. The minimum absolute atomic E-state index is 0.396. The molecule has 0 unspecified atom stereocenters. The number of nitrogens with zero attached hydrogens (tertiary/aromatic N) is 1. The highest BCUT2D eigenvalue weighted by atomic mass is 16.2. The van der Waals surface area contributed by atoms with Crippen LogP contribution in [0.4, 0.5) is 0 Å². The summed E-state index contributed by atoms with van der Waals surface area (Å²) in [7, 11) is 0. The van der Waals surface area contributed by atoms with Gasteiger partial charge in [-0.05, 0) is 38.1 Å². The number of likely N-dealkylation sites (tertiary alicyclic amines) is 1. The molecule has 3 nitrogen and oxygen atoms in total. The van der Waals surface area contributed by atoms with Crippen molar-refractivity contribution in [2.24, 2.45) is 11.8 Å². The van der Waals surface area contributed by atoms with Crippen LogP contribution in [0.15, 0.2) is 0 Å². The Kier molecular flexibility index (Phi) is 2.01. The minimum Gasteiger partial charge on any atom is -0.341 e. The molecule has 0 aromatic rings. The van der Waals surface area contributed by atoms with Crippen molar-refractivity contribution in [3.63, 3.8) is 0 Å². The van der Waals surface area contributed by atoms with Gasteiger partial charge in [0.2, 0.25) is 5.91 Å². The lowest BCUT2D eigenvalue weighted by Crippen LogP contribution is -2.49. The van der Waals surface area contributed by atoms with Crippen LogP contribution in [-0.2, 0) is 4.79 Å². The molecule has 1 saturated carbocycles. The highest BCUT2D eigenvalue weighted by molar-refractivity contribution is 5.81. The maximum atomic E-state index is 11.8. The number of rotatable bonds is 1. The summed E-state index contributed by atoms with van der Waals surface area (Å²) in [5.41, 5.74) is 0. The van der Waals surface area contributed by atoms with Crippen molar-refractivity contribution in [3.8, 4) is 0 Å². The van der Waals surface area contributed by atoms with Gasteiger partial charge in [-0.15, -0.1) is 0 Å². The summed E-state index contributed by atoms with van der Waals surface area (Å²) in [5.74, 6) is 1.67. The standard InChI is InChI=1S/C11H18N2O/c14-11(9-1-2-9)13-6-4-8-3-5-12-10(8)7-13/h8-10,12H,1-7H2/t8-,10+/m0/s1. The molecular weight excluding hydrogens is 176 g/mol. The quantitative estimate of drug-likeness (QED) is 0.663. The number of hydrogen-bond acceptors (Lipinski definition) is 2. The SMILES string of the molecule is O=C(C1CC1)N1CC[C@@H]2CCN[C@@H]2C1. The molecule has 3 rings (SSSR count). The smallest absolute Gasteiger partial charge is 0.225 e. The maximum Gasteiger partial charge on any atom is 0.225 e. The lowest BCUT2D eigenvalue weighted by atomic mass is 9.92. The van der Waals surface area contributed by atoms with Crippen LogP contribution >= 0.6 is 0 Å². The van der Waals surface area contributed by atoms with Crippen molar-refractivity contribution in [2.75, 3.05) is 19.6 Å². The van der Waals surface area contributed by atoms with Crippen LogP contribution in [0.3, 0.4) is 0 Å². The van der Waals surface area contributed by atoms with Crippen molar-refractivity contribution in [2.45, 2.75) is 31.7 Å². The van der Waals surface area contributed by atoms with Crippen molar-refractivity contribution in [3.05, 3.63) is 0 Å². The van der Waals surface area contributed by atoms with Gasteiger partial charge in [-0.2, -0.15) is 0 Å². The molecule has 0 bridgehead atoms. The van der Waals surface area contributed by atoms with Crippen LogP contribution < -0.4 is 5.32 Å². The second kappa shape index (κ2) is 3.23. The number of nitrogens with one attached hydrogen (secondary N) is 1. The fourth-order valence-corrected chi connectivity index (χ4v) is 2.82. The van der Waals surface area contributed by atoms with E-state index >= 15 is 0 Å². The third-order valence-corrected chi connectivity index (χ3v) is 3.92. The number of fused-ring (bicyclic) bond motifs is 1. The van der Waals surface area contributed by atoms with Crippen LogP contribution in [0.1, 0.15) is 25.7 Å². The molecule has 78 valence electrons. The Bertz CT molecular complexity index is 250. The molecule has 2 atom stereocenters. The van der Waals surface area contributed by atoms with E-state index in [4.69, 9.17) is 0 Å². The van der Waals surface area contributed by atoms with Crippen molar-refractivity contribution < 1.29 is 4.79 Å². The summed E-state index contributed by atoms with van der Waals surface area (Å²) < 4.78 is 0. The van der Waals surface area contributed by atoms with Crippen LogP contribution in [-0.4, -0.2) is 36.5 Å². The lowest BCUT2D eigenvalue weighted by molar-refractivity contribution is -0.134. The predicted octanol–water partition coefficient (Wildman–Crippen LogP) is 0.607. The van der Waals surface area contributed by atoms with E-state index in [1.165, 1.54) is 12.8 Å². The number of hydrogen-bond donors (Lipinski definition) is 1. The Balaban J connectivity index is 1.63. The number of amides is 1. The molecule has 0 radical (unpaired) electrons. The van der Waals surface area contributed by atoms with Gasteiger partial charge in [-0.25, -0.2) is 0 Å². The zero-order valence-corrected chi connectivity index (χ0v) is 8.54. The van der Waals surface area contributed by atoms with Gasteiger partial charge in [-0.3, -0.25) is 4.79 Å². The Labute approximate surface area is 84.8 Å². The van der Waals surface area contributed by atoms with E-state index in [1.807, 2.05) is 0 Å². The van der Waals surface area contributed by atoms with Gasteiger partial charge in [0.1, 0.15) is 0 Å². The summed E-state index contributed by atoms with van der Waals surface area (Å²) in [5, 5.41) is 3.51. The van der Waals surface area contributed by atoms with Crippen LogP contribution in [0, 0.1) is 11.8 Å². The normalized spacial score (nSPS) is 37.0. The number of carbonyl (C=O) groups excluding carboxylic acids is 1. The summed E-state index contributed by atoms with van der Waals surface area (Å²) in [6, 6.07) is 0.603. The molecule has 3 fully saturated rings. The Morgan fingerprint density at radius 3 is 2.86 bits per heavy atom. The van der Waals surface area contributed by atoms with Crippen LogP contribution in [0.25, 0.3) is 0 Å². The van der Waals surface area contributed by atoms with Crippen LogP contribution in [0.5, 0.6) is 0 Å². The van der Waals surface area contributed by atoms with E-state index in [9.17, 15) is 4.79 Å². The Hall–Kier alpha value is -0.570. The zero-order chi connectivity index (χ0) is 9.54. The summed E-state index contributed by atoms with van der Waals surface area (Å²) in [6.07, 6.45) is 4.81. The number of carbonyl (C=O) groups is 1. The predicted molar refractivity (Wildman–Crippen MR) is 53.8 cm³/mol. The van der Waals surface area contributed by atoms with E-state index in [-0.39, 0.29) is 0 Å². The molecule has 2 heterocycles. The van der Waals surface area contributed by atoms with E-state index in [1.54, 1.807) is 0 Å². The molecule has 0 spiro atoms. The second-order valence-electron chi connectivity index (χ2n) is 4.96. The van der Waals surface area contributed by atoms with Crippen molar-refractivity contribution in [1.29, 1.82) is 0 Å². The minimum atomic E-state index is 0.396. The van der Waals surface area contributed by atoms with Gasteiger partial charge in [0, 0.05) is 25.0 Å². The fraction of sp³-hybridized carbons (Fsp3) is 0.909.